The number of nitrogen functional groups attached to an aromatic ring is 1. The van der Waals surface area contributed by atoms with Crippen molar-refractivity contribution in [3.63, 3.8) is 0 Å². The normalized spacial score (nSPS) is 23.6. The number of nitrogens with two attached hydrogens (primary N) is 2. The first-order valence-corrected chi connectivity index (χ1v) is 6.69. The lowest BCUT2D eigenvalue weighted by Gasteiger charge is -2.27. The van der Waals surface area contributed by atoms with Crippen molar-refractivity contribution >= 4 is 33.5 Å². The van der Waals surface area contributed by atoms with Gasteiger partial charge in [-0.3, -0.25) is 4.79 Å². The number of nitrogens with zero attached hydrogens (tertiary/aromatic N) is 2. The summed E-state index contributed by atoms with van der Waals surface area (Å²) in [6.07, 6.45) is 4.97. The summed E-state index contributed by atoms with van der Waals surface area (Å²) in [4.78, 5) is 19.3. The summed E-state index contributed by atoms with van der Waals surface area (Å²) in [7, 11) is 0. The zero-order valence-electron chi connectivity index (χ0n) is 9.90. The molecule has 0 unspecified atom stereocenters. The fraction of sp³-hybridized carbons (Fsp3) is 0.545. The molecule has 1 aromatic heterocycles. The molecule has 0 radical (unpaired) electrons. The predicted molar refractivity (Wildman–Crippen MR) is 72.7 cm³/mol. The largest absolute Gasteiger partial charge is 0.381 e. The van der Waals surface area contributed by atoms with E-state index < -0.39 is 0 Å². The van der Waals surface area contributed by atoms with Gasteiger partial charge in [0.05, 0.1) is 6.20 Å². The molecular formula is C11H16BrN5O. The minimum atomic E-state index is -0.199. The molecule has 18 heavy (non-hydrogen) atoms. The first-order valence-electron chi connectivity index (χ1n) is 5.90. The van der Waals surface area contributed by atoms with E-state index in [1.807, 2.05) is 0 Å². The molecule has 1 saturated carbocycles. The Kier molecular flexibility index (Phi) is 4.00. The van der Waals surface area contributed by atoms with E-state index in [9.17, 15) is 4.79 Å². The number of hydrogen-bond donors (Lipinski definition) is 3. The summed E-state index contributed by atoms with van der Waals surface area (Å²) < 4.78 is 0.644. The van der Waals surface area contributed by atoms with Crippen LogP contribution >= 0.6 is 15.9 Å². The van der Waals surface area contributed by atoms with E-state index in [4.69, 9.17) is 11.5 Å². The highest BCUT2D eigenvalue weighted by molar-refractivity contribution is 9.10. The molecule has 98 valence electrons. The van der Waals surface area contributed by atoms with Gasteiger partial charge in [-0.05, 0) is 41.6 Å². The minimum Gasteiger partial charge on any atom is -0.381 e. The summed E-state index contributed by atoms with van der Waals surface area (Å²) in [5, 5.41) is 3.27. The Balaban J connectivity index is 1.95. The number of anilines is 2. The van der Waals surface area contributed by atoms with Crippen LogP contribution in [-0.2, 0) is 4.79 Å². The van der Waals surface area contributed by atoms with E-state index in [2.05, 4.69) is 31.2 Å². The van der Waals surface area contributed by atoms with Crippen molar-refractivity contribution in [1.29, 1.82) is 0 Å². The van der Waals surface area contributed by atoms with Crippen LogP contribution in [0.3, 0.4) is 0 Å². The van der Waals surface area contributed by atoms with Crippen LogP contribution in [0.2, 0.25) is 0 Å². The van der Waals surface area contributed by atoms with E-state index in [0.717, 1.165) is 25.7 Å². The van der Waals surface area contributed by atoms with Crippen LogP contribution in [0.4, 0.5) is 11.6 Å². The van der Waals surface area contributed by atoms with Gasteiger partial charge in [0.25, 0.3) is 0 Å². The van der Waals surface area contributed by atoms with Crippen LogP contribution < -0.4 is 16.8 Å². The zero-order chi connectivity index (χ0) is 13.1. The Morgan fingerprint density at radius 3 is 2.67 bits per heavy atom. The van der Waals surface area contributed by atoms with Crippen molar-refractivity contribution in [2.45, 2.75) is 31.7 Å². The topological polar surface area (TPSA) is 107 Å². The average Bonchev–Trinajstić information content (AvgIpc) is 2.34. The van der Waals surface area contributed by atoms with E-state index in [-0.39, 0.29) is 17.9 Å². The number of carbonyl (C=O) groups is 1. The molecule has 0 saturated heterocycles. The molecule has 6 nitrogen and oxygen atoms in total. The third-order valence-electron chi connectivity index (χ3n) is 3.24. The monoisotopic (exact) mass is 313 g/mol. The Morgan fingerprint density at radius 1 is 1.39 bits per heavy atom. The third kappa shape index (κ3) is 3.10. The zero-order valence-corrected chi connectivity index (χ0v) is 11.5. The molecule has 0 aromatic carbocycles. The molecule has 1 aliphatic carbocycles. The van der Waals surface area contributed by atoms with Gasteiger partial charge in [0.1, 0.15) is 4.60 Å². The minimum absolute atomic E-state index is 0.00832. The van der Waals surface area contributed by atoms with Crippen molar-refractivity contribution in [1.82, 2.24) is 9.97 Å². The Hall–Kier alpha value is -1.37. The van der Waals surface area contributed by atoms with Gasteiger partial charge in [-0.15, -0.1) is 0 Å². The third-order valence-corrected chi connectivity index (χ3v) is 3.62. The molecule has 0 atom stereocenters. The summed E-state index contributed by atoms with van der Waals surface area (Å²) in [6, 6.07) is 0.270. The van der Waals surface area contributed by atoms with Crippen LogP contribution in [0.25, 0.3) is 0 Å². The molecular weight excluding hydrogens is 298 g/mol. The number of halogens is 1. The maximum Gasteiger partial charge on any atom is 0.220 e. The molecule has 2 rings (SSSR count). The maximum absolute atomic E-state index is 11.1. The van der Waals surface area contributed by atoms with E-state index in [0.29, 0.717) is 16.2 Å². The smallest absolute Gasteiger partial charge is 0.220 e. The molecule has 0 bridgehead atoms. The second-order valence-corrected chi connectivity index (χ2v) is 5.33. The van der Waals surface area contributed by atoms with Gasteiger partial charge in [-0.2, -0.15) is 0 Å². The fourth-order valence-corrected chi connectivity index (χ4v) is 2.48. The standard InChI is InChI=1S/C11H16BrN5O/c12-8-5-15-9(13)11(17-8)16-7-3-1-6(2-4-7)10(14)18/h5-7H,1-4H2,(H2,13,15)(H2,14,18)(H,16,17)/t6-,7-. The maximum atomic E-state index is 11.1. The molecule has 1 aliphatic rings. The van der Waals surface area contributed by atoms with Gasteiger partial charge < -0.3 is 16.8 Å². The number of nitrogens with one attached hydrogen (secondary N) is 1. The number of aromatic nitrogens is 2. The quantitative estimate of drug-likeness (QED) is 0.779. The first-order chi connectivity index (χ1) is 8.56. The highest BCUT2D eigenvalue weighted by Crippen LogP contribution is 2.27. The second-order valence-electron chi connectivity index (χ2n) is 4.52. The van der Waals surface area contributed by atoms with Crippen LogP contribution in [0.5, 0.6) is 0 Å². The molecule has 1 aromatic rings. The number of hydrogen-bond acceptors (Lipinski definition) is 5. The van der Waals surface area contributed by atoms with Crippen LogP contribution in [0.15, 0.2) is 10.8 Å². The van der Waals surface area contributed by atoms with Crippen molar-refractivity contribution < 1.29 is 4.79 Å². The Bertz CT molecular complexity index is 445. The van der Waals surface area contributed by atoms with Crippen molar-refractivity contribution in [3.05, 3.63) is 10.8 Å². The molecule has 1 heterocycles. The number of amides is 1. The molecule has 7 heteroatoms. The first kappa shape index (κ1) is 13.1. The van der Waals surface area contributed by atoms with Crippen molar-refractivity contribution in [3.8, 4) is 0 Å². The predicted octanol–water partition coefficient (Wildman–Crippen LogP) is 1.28. The van der Waals surface area contributed by atoms with Gasteiger partial charge in [-0.1, -0.05) is 0 Å². The van der Waals surface area contributed by atoms with Crippen LogP contribution in [0, 0.1) is 5.92 Å². The lowest BCUT2D eigenvalue weighted by molar-refractivity contribution is -0.122. The van der Waals surface area contributed by atoms with Gasteiger partial charge in [0.2, 0.25) is 5.91 Å². The van der Waals surface area contributed by atoms with E-state index in [1.54, 1.807) is 6.20 Å². The Morgan fingerprint density at radius 2 is 2.06 bits per heavy atom. The number of rotatable bonds is 3. The van der Waals surface area contributed by atoms with Gasteiger partial charge in [-0.25, -0.2) is 9.97 Å². The molecule has 0 spiro atoms. The molecule has 1 amide bonds. The van der Waals surface area contributed by atoms with E-state index >= 15 is 0 Å². The average molecular weight is 314 g/mol. The highest BCUT2D eigenvalue weighted by atomic mass is 79.9. The summed E-state index contributed by atoms with van der Waals surface area (Å²) in [5.74, 6) is 0.784. The lowest BCUT2D eigenvalue weighted by atomic mass is 9.85. The fourth-order valence-electron chi connectivity index (χ4n) is 2.20. The summed E-state index contributed by atoms with van der Waals surface area (Å²) in [6.45, 7) is 0. The van der Waals surface area contributed by atoms with E-state index in [1.165, 1.54) is 0 Å². The molecule has 1 fully saturated rings. The summed E-state index contributed by atoms with van der Waals surface area (Å²) in [5.41, 5.74) is 11.1. The second kappa shape index (κ2) is 5.51. The number of carbonyl (C=O) groups excluding carboxylic acids is 1. The van der Waals surface area contributed by atoms with Crippen molar-refractivity contribution in [2.24, 2.45) is 11.7 Å². The van der Waals surface area contributed by atoms with Gasteiger partial charge in [0.15, 0.2) is 11.6 Å². The molecule has 5 N–H and O–H groups in total. The summed E-state index contributed by atoms with van der Waals surface area (Å²) >= 11 is 3.26. The van der Waals surface area contributed by atoms with Gasteiger partial charge in [0, 0.05) is 12.0 Å². The number of primary amides is 1. The lowest BCUT2D eigenvalue weighted by Crippen LogP contribution is -2.32. The van der Waals surface area contributed by atoms with Gasteiger partial charge >= 0.3 is 0 Å². The molecule has 0 aliphatic heterocycles. The van der Waals surface area contributed by atoms with Crippen molar-refractivity contribution in [2.75, 3.05) is 11.1 Å². The van der Waals surface area contributed by atoms with Crippen LogP contribution in [-0.4, -0.2) is 21.9 Å². The highest BCUT2D eigenvalue weighted by Gasteiger charge is 2.25. The van der Waals surface area contributed by atoms with Crippen LogP contribution in [0.1, 0.15) is 25.7 Å². The SMILES string of the molecule is Nc1ncc(Br)nc1N[C@H]1CC[C@H](C(N)=O)CC1. The Labute approximate surface area is 114 Å².